The van der Waals surface area contributed by atoms with E-state index < -0.39 is 0 Å². The van der Waals surface area contributed by atoms with Crippen molar-refractivity contribution in [3.63, 3.8) is 0 Å². The predicted molar refractivity (Wildman–Crippen MR) is 54.9 cm³/mol. The second kappa shape index (κ2) is 4.42. The molecule has 0 spiro atoms. The number of ether oxygens (including phenoxy) is 1. The van der Waals surface area contributed by atoms with Gasteiger partial charge in [0.05, 0.1) is 13.2 Å². The van der Waals surface area contributed by atoms with Gasteiger partial charge in [0.2, 0.25) is 0 Å². The first kappa shape index (κ1) is 10.3. The highest BCUT2D eigenvalue weighted by atomic mass is 16.5. The van der Waals surface area contributed by atoms with E-state index in [-0.39, 0.29) is 6.04 Å². The fourth-order valence-electron chi connectivity index (χ4n) is 1.39. The zero-order valence-electron chi connectivity index (χ0n) is 8.63. The molecule has 2 N–H and O–H groups in total. The molecule has 0 saturated heterocycles. The van der Waals surface area contributed by atoms with Crippen LogP contribution in [0, 0.1) is 0 Å². The third kappa shape index (κ3) is 2.56. The molecule has 0 radical (unpaired) electrons. The maximum absolute atomic E-state index is 5.86. The summed E-state index contributed by atoms with van der Waals surface area (Å²) in [6, 6.07) is 0.256. The predicted octanol–water partition coefficient (Wildman–Crippen LogP) is 1.49. The topological polar surface area (TPSA) is 47.6 Å². The highest BCUT2D eigenvalue weighted by molar-refractivity contribution is 5.98. The molecule has 0 aromatic heterocycles. The number of rotatable bonds is 3. The molecule has 3 heteroatoms. The molecule has 74 valence electrons. The Morgan fingerprint density at radius 2 is 2.23 bits per heavy atom. The summed E-state index contributed by atoms with van der Waals surface area (Å²) in [5, 5.41) is 0. The normalized spacial score (nSPS) is 18.9. The summed E-state index contributed by atoms with van der Waals surface area (Å²) in [7, 11) is 0. The van der Waals surface area contributed by atoms with Gasteiger partial charge in [-0.25, -0.2) is 0 Å². The van der Waals surface area contributed by atoms with Gasteiger partial charge in [0.15, 0.2) is 0 Å². The van der Waals surface area contributed by atoms with Crippen LogP contribution in [0.15, 0.2) is 16.1 Å². The Kier molecular flexibility index (Phi) is 3.48. The minimum Gasteiger partial charge on any atom is -0.384 e. The minimum atomic E-state index is 0.256. The van der Waals surface area contributed by atoms with Crippen molar-refractivity contribution >= 4 is 5.84 Å². The molecule has 1 rings (SSSR count). The highest BCUT2D eigenvalue weighted by Crippen LogP contribution is 2.17. The van der Waals surface area contributed by atoms with Gasteiger partial charge in [-0.05, 0) is 25.8 Å². The lowest BCUT2D eigenvalue weighted by Gasteiger charge is -2.04. The Labute approximate surface area is 79.7 Å². The molecule has 0 aromatic carbocycles. The first-order chi connectivity index (χ1) is 6.15. The van der Waals surface area contributed by atoms with E-state index in [0.29, 0.717) is 12.4 Å². The van der Waals surface area contributed by atoms with E-state index in [0.717, 1.165) is 18.6 Å². The molecule has 0 saturated carbocycles. The van der Waals surface area contributed by atoms with Gasteiger partial charge in [-0.3, -0.25) is 4.99 Å². The lowest BCUT2D eigenvalue weighted by molar-refractivity contribution is 0.205. The summed E-state index contributed by atoms with van der Waals surface area (Å²) in [6.07, 6.45) is 1.00. The van der Waals surface area contributed by atoms with Crippen LogP contribution < -0.4 is 5.73 Å². The molecule has 1 aliphatic heterocycles. The molecule has 3 nitrogen and oxygen atoms in total. The smallest absolute Gasteiger partial charge is 0.124 e. The first-order valence-corrected chi connectivity index (χ1v) is 4.77. The van der Waals surface area contributed by atoms with Crippen molar-refractivity contribution in [1.29, 1.82) is 0 Å². The lowest BCUT2D eigenvalue weighted by Crippen LogP contribution is -2.19. The molecule has 0 atom stereocenters. The summed E-state index contributed by atoms with van der Waals surface area (Å²) in [5.41, 5.74) is 8.26. The van der Waals surface area contributed by atoms with Gasteiger partial charge in [0.25, 0.3) is 0 Å². The Hall–Kier alpha value is -0.830. The molecule has 0 aromatic rings. The van der Waals surface area contributed by atoms with E-state index in [9.17, 15) is 0 Å². The third-order valence-electron chi connectivity index (χ3n) is 2.08. The van der Waals surface area contributed by atoms with Crippen molar-refractivity contribution in [2.24, 2.45) is 10.7 Å². The van der Waals surface area contributed by atoms with Crippen molar-refractivity contribution in [2.45, 2.75) is 33.2 Å². The van der Waals surface area contributed by atoms with Gasteiger partial charge in [0.1, 0.15) is 5.84 Å². The van der Waals surface area contributed by atoms with Gasteiger partial charge in [-0.2, -0.15) is 0 Å². The number of aliphatic imine (C=N–C) groups is 1. The number of nitrogens with two attached hydrogens (primary N) is 1. The highest BCUT2D eigenvalue weighted by Gasteiger charge is 2.16. The van der Waals surface area contributed by atoms with E-state index in [1.165, 1.54) is 5.57 Å². The van der Waals surface area contributed by atoms with Crippen molar-refractivity contribution in [3.8, 4) is 0 Å². The number of hydrogen-bond donors (Lipinski definition) is 1. The van der Waals surface area contributed by atoms with Crippen LogP contribution in [0.2, 0.25) is 0 Å². The molecular weight excluding hydrogens is 164 g/mol. The fraction of sp³-hybridized carbons (Fsp3) is 0.700. The maximum Gasteiger partial charge on any atom is 0.124 e. The Bertz CT molecular complexity index is 241. The van der Waals surface area contributed by atoms with Crippen LogP contribution in [0.4, 0.5) is 0 Å². The third-order valence-corrected chi connectivity index (χ3v) is 2.08. The zero-order chi connectivity index (χ0) is 9.84. The molecule has 0 fully saturated rings. The van der Waals surface area contributed by atoms with Crippen molar-refractivity contribution in [2.75, 3.05) is 13.2 Å². The largest absolute Gasteiger partial charge is 0.384 e. The number of nitrogens with zero attached hydrogens (tertiary/aromatic N) is 1. The van der Waals surface area contributed by atoms with E-state index in [1.807, 2.05) is 13.8 Å². The Morgan fingerprint density at radius 3 is 2.77 bits per heavy atom. The summed E-state index contributed by atoms with van der Waals surface area (Å²) < 4.78 is 5.33. The van der Waals surface area contributed by atoms with E-state index in [4.69, 9.17) is 10.5 Å². The van der Waals surface area contributed by atoms with Gasteiger partial charge in [-0.15, -0.1) is 0 Å². The summed E-state index contributed by atoms with van der Waals surface area (Å²) in [5.74, 6) is 0.657. The van der Waals surface area contributed by atoms with Crippen molar-refractivity contribution < 1.29 is 4.74 Å². The van der Waals surface area contributed by atoms with Crippen LogP contribution in [-0.4, -0.2) is 25.1 Å². The van der Waals surface area contributed by atoms with Gasteiger partial charge in [-0.1, -0.05) is 6.92 Å². The van der Waals surface area contributed by atoms with E-state index >= 15 is 0 Å². The van der Waals surface area contributed by atoms with Crippen LogP contribution in [0.1, 0.15) is 27.2 Å². The Morgan fingerprint density at radius 1 is 1.54 bits per heavy atom. The molecule has 1 heterocycles. The van der Waals surface area contributed by atoms with E-state index in [1.54, 1.807) is 0 Å². The second-order valence-corrected chi connectivity index (χ2v) is 3.54. The molecule has 13 heavy (non-hydrogen) atoms. The molecule has 0 bridgehead atoms. The monoisotopic (exact) mass is 182 g/mol. The zero-order valence-corrected chi connectivity index (χ0v) is 8.63. The standard InChI is InChI=1S/C10H18N2O/c1-4-8-5-13-6-9(8)10(11)12-7(2)3/h7H,4-6H2,1-3H3,(H2,11,12). The van der Waals surface area contributed by atoms with Gasteiger partial charge < -0.3 is 10.5 Å². The van der Waals surface area contributed by atoms with Crippen LogP contribution in [0.3, 0.4) is 0 Å². The summed E-state index contributed by atoms with van der Waals surface area (Å²) >= 11 is 0. The van der Waals surface area contributed by atoms with Gasteiger partial charge in [0, 0.05) is 11.6 Å². The summed E-state index contributed by atoms with van der Waals surface area (Å²) in [6.45, 7) is 7.52. The van der Waals surface area contributed by atoms with Crippen molar-refractivity contribution in [3.05, 3.63) is 11.1 Å². The van der Waals surface area contributed by atoms with Crippen LogP contribution in [0.5, 0.6) is 0 Å². The number of hydrogen-bond acceptors (Lipinski definition) is 2. The average Bonchev–Trinajstić information content (AvgIpc) is 2.49. The van der Waals surface area contributed by atoms with Crippen molar-refractivity contribution in [1.82, 2.24) is 0 Å². The first-order valence-electron chi connectivity index (χ1n) is 4.77. The number of amidine groups is 1. The van der Waals surface area contributed by atoms with Crippen LogP contribution >= 0.6 is 0 Å². The fourth-order valence-corrected chi connectivity index (χ4v) is 1.39. The van der Waals surface area contributed by atoms with Crippen LogP contribution in [0.25, 0.3) is 0 Å². The molecular formula is C10H18N2O. The van der Waals surface area contributed by atoms with Gasteiger partial charge >= 0.3 is 0 Å². The van der Waals surface area contributed by atoms with Crippen LogP contribution in [-0.2, 0) is 4.74 Å². The maximum atomic E-state index is 5.86. The molecule has 0 aliphatic carbocycles. The van der Waals surface area contributed by atoms with E-state index in [2.05, 4.69) is 11.9 Å². The Balaban J connectivity index is 2.81. The molecule has 0 amide bonds. The minimum absolute atomic E-state index is 0.256. The second-order valence-electron chi connectivity index (χ2n) is 3.54. The quantitative estimate of drug-likeness (QED) is 0.531. The molecule has 1 aliphatic rings. The average molecular weight is 182 g/mol. The SMILES string of the molecule is CCC1=C(/C(N)=N\C(C)C)COC1. The summed E-state index contributed by atoms with van der Waals surface area (Å²) in [4.78, 5) is 4.31. The lowest BCUT2D eigenvalue weighted by atomic mass is 10.1. The molecule has 0 unspecified atom stereocenters.